The third-order valence-corrected chi connectivity index (χ3v) is 4.10. The number of nitrogens with zero attached hydrogens (tertiary/aromatic N) is 1. The summed E-state index contributed by atoms with van der Waals surface area (Å²) >= 11 is 4.21. The number of hydrogen-bond donors (Lipinski definition) is 2. The van der Waals surface area contributed by atoms with Gasteiger partial charge in [0.1, 0.15) is 0 Å². The summed E-state index contributed by atoms with van der Waals surface area (Å²) in [6.45, 7) is 0.417. The minimum Gasteiger partial charge on any atom is -0.366 e. The van der Waals surface area contributed by atoms with Gasteiger partial charge in [-0.05, 0) is 11.6 Å². The van der Waals surface area contributed by atoms with Crippen molar-refractivity contribution in [2.45, 2.75) is 12.1 Å². The quantitative estimate of drug-likeness (QED) is 0.852. The van der Waals surface area contributed by atoms with E-state index in [0.717, 1.165) is 5.56 Å². The van der Waals surface area contributed by atoms with Gasteiger partial charge in [-0.15, -0.1) is 0 Å². The first-order chi connectivity index (χ1) is 10.2. The van der Waals surface area contributed by atoms with Gasteiger partial charge < -0.3 is 10.0 Å². The molecular formula is C17H17NO2S. The Morgan fingerprint density at radius 1 is 1.05 bits per heavy atom. The van der Waals surface area contributed by atoms with E-state index in [9.17, 15) is 9.90 Å². The largest absolute Gasteiger partial charge is 0.366 e. The lowest BCUT2D eigenvalue weighted by Gasteiger charge is -2.34. The van der Waals surface area contributed by atoms with E-state index in [-0.39, 0.29) is 5.91 Å². The fourth-order valence-electron chi connectivity index (χ4n) is 2.94. The number of hydrogen-bond acceptors (Lipinski definition) is 3. The average molecular weight is 299 g/mol. The minimum atomic E-state index is -1.29. The maximum Gasteiger partial charge on any atom is 0.256 e. The van der Waals surface area contributed by atoms with Gasteiger partial charge in [0, 0.05) is 29.8 Å². The summed E-state index contributed by atoms with van der Waals surface area (Å²) in [5.74, 6) is 0.384. The zero-order chi connectivity index (χ0) is 14.9. The molecular weight excluding hydrogens is 282 g/mol. The molecule has 1 amide bonds. The SMILES string of the molecule is O=C1c2ccccc2C(O)(Cc2ccccc2)N1CCS. The number of thiol groups is 1. The topological polar surface area (TPSA) is 40.5 Å². The molecule has 1 heterocycles. The van der Waals surface area contributed by atoms with E-state index in [0.29, 0.717) is 29.8 Å². The minimum absolute atomic E-state index is 0.127. The highest BCUT2D eigenvalue weighted by Crippen LogP contribution is 2.39. The first-order valence-electron chi connectivity index (χ1n) is 6.95. The Labute approximate surface area is 129 Å². The van der Waals surface area contributed by atoms with Crippen LogP contribution >= 0.6 is 12.6 Å². The number of fused-ring (bicyclic) bond motifs is 1. The zero-order valence-corrected chi connectivity index (χ0v) is 12.5. The Kier molecular flexibility index (Phi) is 3.74. The summed E-state index contributed by atoms with van der Waals surface area (Å²) in [7, 11) is 0. The lowest BCUT2D eigenvalue weighted by molar-refractivity contribution is -0.0808. The highest BCUT2D eigenvalue weighted by Gasteiger charge is 2.47. The predicted molar refractivity (Wildman–Crippen MR) is 85.4 cm³/mol. The Bertz CT molecular complexity index is 659. The van der Waals surface area contributed by atoms with Crippen LogP contribution in [-0.4, -0.2) is 28.2 Å². The molecule has 1 unspecified atom stereocenters. The summed E-state index contributed by atoms with van der Waals surface area (Å²) in [5, 5.41) is 11.2. The van der Waals surface area contributed by atoms with Crippen molar-refractivity contribution >= 4 is 18.5 Å². The number of carbonyl (C=O) groups excluding carboxylic acids is 1. The van der Waals surface area contributed by atoms with Crippen LogP contribution in [0.4, 0.5) is 0 Å². The van der Waals surface area contributed by atoms with E-state index in [2.05, 4.69) is 12.6 Å². The number of benzene rings is 2. The van der Waals surface area contributed by atoms with Gasteiger partial charge in [-0.25, -0.2) is 0 Å². The average Bonchev–Trinajstić information content (AvgIpc) is 2.71. The summed E-state index contributed by atoms with van der Waals surface area (Å²) in [4.78, 5) is 14.0. The molecule has 1 aliphatic heterocycles. The van der Waals surface area contributed by atoms with Crippen molar-refractivity contribution in [3.8, 4) is 0 Å². The molecule has 21 heavy (non-hydrogen) atoms. The summed E-state index contributed by atoms with van der Waals surface area (Å²) < 4.78 is 0. The van der Waals surface area contributed by atoms with E-state index >= 15 is 0 Å². The summed E-state index contributed by atoms with van der Waals surface area (Å²) in [6, 6.07) is 17.0. The van der Waals surface area contributed by atoms with Crippen LogP contribution in [0.1, 0.15) is 21.5 Å². The van der Waals surface area contributed by atoms with Crippen LogP contribution in [0.2, 0.25) is 0 Å². The maximum atomic E-state index is 12.5. The molecule has 3 nitrogen and oxygen atoms in total. The Morgan fingerprint density at radius 2 is 1.71 bits per heavy atom. The number of amides is 1. The molecule has 3 rings (SSSR count). The van der Waals surface area contributed by atoms with Gasteiger partial charge >= 0.3 is 0 Å². The van der Waals surface area contributed by atoms with Gasteiger partial charge in [-0.1, -0.05) is 48.5 Å². The predicted octanol–water partition coefficient (Wildman–Crippen LogP) is 2.46. The molecule has 2 aromatic rings. The lowest BCUT2D eigenvalue weighted by atomic mass is 9.94. The van der Waals surface area contributed by atoms with Crippen molar-refractivity contribution in [1.82, 2.24) is 4.90 Å². The summed E-state index contributed by atoms with van der Waals surface area (Å²) in [5.41, 5.74) is 0.963. The van der Waals surface area contributed by atoms with Gasteiger partial charge in [0.2, 0.25) is 0 Å². The molecule has 1 atom stereocenters. The van der Waals surface area contributed by atoms with Crippen LogP contribution < -0.4 is 0 Å². The van der Waals surface area contributed by atoms with E-state index in [4.69, 9.17) is 0 Å². The maximum absolute atomic E-state index is 12.5. The van der Waals surface area contributed by atoms with Crippen molar-refractivity contribution in [2.75, 3.05) is 12.3 Å². The molecule has 0 fully saturated rings. The fraction of sp³-hybridized carbons (Fsp3) is 0.235. The molecule has 0 saturated heterocycles. The van der Waals surface area contributed by atoms with Crippen LogP contribution in [0.3, 0.4) is 0 Å². The number of rotatable bonds is 4. The molecule has 0 spiro atoms. The van der Waals surface area contributed by atoms with E-state index in [1.54, 1.807) is 6.07 Å². The van der Waals surface area contributed by atoms with Crippen LogP contribution in [0.5, 0.6) is 0 Å². The smallest absolute Gasteiger partial charge is 0.256 e. The molecule has 0 aliphatic carbocycles. The highest BCUT2D eigenvalue weighted by molar-refractivity contribution is 7.80. The molecule has 4 heteroatoms. The fourth-order valence-corrected chi connectivity index (χ4v) is 3.14. The summed E-state index contributed by atoms with van der Waals surface area (Å²) in [6.07, 6.45) is 0.379. The Balaban J connectivity index is 2.06. The van der Waals surface area contributed by atoms with Gasteiger partial charge in [0.05, 0.1) is 0 Å². The van der Waals surface area contributed by atoms with Crippen LogP contribution in [0.15, 0.2) is 54.6 Å². The first-order valence-corrected chi connectivity index (χ1v) is 7.58. The van der Waals surface area contributed by atoms with Gasteiger partial charge in [0.25, 0.3) is 5.91 Å². The van der Waals surface area contributed by atoms with Crippen molar-refractivity contribution in [3.05, 3.63) is 71.3 Å². The Morgan fingerprint density at radius 3 is 2.43 bits per heavy atom. The molecule has 108 valence electrons. The van der Waals surface area contributed by atoms with Gasteiger partial charge in [-0.2, -0.15) is 12.6 Å². The normalized spacial score (nSPS) is 20.7. The monoisotopic (exact) mass is 299 g/mol. The van der Waals surface area contributed by atoms with Crippen molar-refractivity contribution < 1.29 is 9.90 Å². The third kappa shape index (κ3) is 2.34. The molecule has 0 bridgehead atoms. The van der Waals surface area contributed by atoms with Crippen molar-refractivity contribution in [2.24, 2.45) is 0 Å². The van der Waals surface area contributed by atoms with E-state index in [1.165, 1.54) is 4.90 Å². The lowest BCUT2D eigenvalue weighted by Crippen LogP contribution is -2.46. The number of carbonyl (C=O) groups is 1. The van der Waals surface area contributed by atoms with E-state index in [1.807, 2.05) is 48.5 Å². The molecule has 0 saturated carbocycles. The second-order valence-corrected chi connectivity index (χ2v) is 5.65. The second-order valence-electron chi connectivity index (χ2n) is 5.20. The van der Waals surface area contributed by atoms with Gasteiger partial charge in [-0.3, -0.25) is 4.79 Å². The molecule has 0 aromatic heterocycles. The molecule has 0 radical (unpaired) electrons. The van der Waals surface area contributed by atoms with E-state index < -0.39 is 5.72 Å². The van der Waals surface area contributed by atoms with Gasteiger partial charge in [0.15, 0.2) is 5.72 Å². The van der Waals surface area contributed by atoms with Crippen LogP contribution in [0, 0.1) is 0 Å². The Hall–Kier alpha value is -1.78. The van der Waals surface area contributed by atoms with Crippen LogP contribution in [-0.2, 0) is 12.1 Å². The standard InChI is InChI=1S/C17H17NO2S/c19-16-14-8-4-5-9-15(14)17(20,18(16)10-11-21)12-13-6-2-1-3-7-13/h1-9,20-21H,10-12H2. The second kappa shape index (κ2) is 5.54. The first kappa shape index (κ1) is 14.2. The highest BCUT2D eigenvalue weighted by atomic mass is 32.1. The van der Waals surface area contributed by atoms with Crippen molar-refractivity contribution in [3.63, 3.8) is 0 Å². The molecule has 1 aliphatic rings. The molecule has 1 N–H and O–H groups in total. The van der Waals surface area contributed by atoms with Crippen LogP contribution in [0.25, 0.3) is 0 Å². The third-order valence-electron chi connectivity index (χ3n) is 3.90. The van der Waals surface area contributed by atoms with Crippen molar-refractivity contribution in [1.29, 1.82) is 0 Å². The number of aliphatic hydroxyl groups is 1. The zero-order valence-electron chi connectivity index (χ0n) is 11.6. The molecule has 2 aromatic carbocycles.